The maximum atomic E-state index is 12.5. The van der Waals surface area contributed by atoms with Gasteiger partial charge in [-0.1, -0.05) is 35.3 Å². The molecule has 1 aliphatic rings. The van der Waals surface area contributed by atoms with E-state index >= 15 is 0 Å². The van der Waals surface area contributed by atoms with E-state index in [0.717, 1.165) is 22.2 Å². The van der Waals surface area contributed by atoms with Crippen molar-refractivity contribution in [2.45, 2.75) is 6.61 Å². The molecular formula is C20H15Cl2NO5S. The third-order valence-corrected chi connectivity index (χ3v) is 5.31. The zero-order chi connectivity index (χ0) is 21.0. The Morgan fingerprint density at radius 3 is 2.62 bits per heavy atom. The maximum Gasteiger partial charge on any atom is 0.325 e. The quantitative estimate of drug-likeness (QED) is 0.464. The lowest BCUT2D eigenvalue weighted by Crippen LogP contribution is -2.34. The van der Waals surface area contributed by atoms with Gasteiger partial charge in [0.15, 0.2) is 0 Å². The molecule has 1 heterocycles. The van der Waals surface area contributed by atoms with E-state index in [0.29, 0.717) is 21.4 Å². The van der Waals surface area contributed by atoms with Crippen LogP contribution in [0.25, 0.3) is 6.08 Å². The third kappa shape index (κ3) is 5.32. The molecule has 9 heteroatoms. The molecule has 1 aliphatic heterocycles. The van der Waals surface area contributed by atoms with E-state index in [4.69, 9.17) is 27.9 Å². The number of carbonyl (C=O) groups is 3. The summed E-state index contributed by atoms with van der Waals surface area (Å²) in [6.45, 7) is -0.182. The van der Waals surface area contributed by atoms with Gasteiger partial charge in [-0.15, -0.1) is 0 Å². The minimum Gasteiger partial charge on any atom is -0.488 e. The topological polar surface area (TPSA) is 72.9 Å². The van der Waals surface area contributed by atoms with Crippen LogP contribution in [0.1, 0.15) is 11.1 Å². The number of methoxy groups -OCH3 is 1. The molecule has 0 aromatic heterocycles. The third-order valence-electron chi connectivity index (χ3n) is 3.93. The van der Waals surface area contributed by atoms with Crippen LogP contribution in [0.2, 0.25) is 10.0 Å². The minimum absolute atomic E-state index is 0.161. The van der Waals surface area contributed by atoms with E-state index in [-0.39, 0.29) is 11.5 Å². The highest BCUT2D eigenvalue weighted by Crippen LogP contribution is 2.35. The molecule has 0 unspecified atom stereocenters. The highest BCUT2D eigenvalue weighted by Gasteiger charge is 2.36. The number of ether oxygens (including phenoxy) is 2. The highest BCUT2D eigenvalue weighted by atomic mass is 35.5. The number of rotatable bonds is 6. The molecule has 3 rings (SSSR count). The number of amides is 2. The second-order valence-electron chi connectivity index (χ2n) is 5.94. The van der Waals surface area contributed by atoms with Crippen LogP contribution in [0.3, 0.4) is 0 Å². The van der Waals surface area contributed by atoms with Gasteiger partial charge >= 0.3 is 5.97 Å². The van der Waals surface area contributed by atoms with E-state index in [1.165, 1.54) is 13.2 Å². The first kappa shape index (κ1) is 21.2. The summed E-state index contributed by atoms with van der Waals surface area (Å²) in [6.07, 6.45) is 1.52. The first-order valence-corrected chi connectivity index (χ1v) is 9.93. The molecule has 0 saturated carbocycles. The highest BCUT2D eigenvalue weighted by molar-refractivity contribution is 8.18. The number of esters is 1. The fourth-order valence-electron chi connectivity index (χ4n) is 2.52. The van der Waals surface area contributed by atoms with E-state index in [1.54, 1.807) is 30.3 Å². The van der Waals surface area contributed by atoms with E-state index < -0.39 is 23.7 Å². The van der Waals surface area contributed by atoms with Crippen molar-refractivity contribution >= 4 is 58.2 Å². The van der Waals surface area contributed by atoms with Gasteiger partial charge in [0.2, 0.25) is 0 Å². The molecule has 0 bridgehead atoms. The molecule has 150 valence electrons. The number of hydrogen-bond donors (Lipinski definition) is 0. The molecule has 2 aromatic carbocycles. The molecular weight excluding hydrogens is 437 g/mol. The van der Waals surface area contributed by atoms with Crippen LogP contribution < -0.4 is 4.74 Å². The summed E-state index contributed by atoms with van der Waals surface area (Å²) in [6, 6.07) is 12.2. The summed E-state index contributed by atoms with van der Waals surface area (Å²) in [4.78, 5) is 37.0. The Balaban J connectivity index is 1.83. The smallest absolute Gasteiger partial charge is 0.325 e. The molecule has 1 saturated heterocycles. The lowest BCUT2D eigenvalue weighted by Gasteiger charge is -2.11. The van der Waals surface area contributed by atoms with Gasteiger partial charge in [0.05, 0.1) is 12.0 Å². The van der Waals surface area contributed by atoms with Gasteiger partial charge in [-0.3, -0.25) is 19.3 Å². The summed E-state index contributed by atoms with van der Waals surface area (Å²) < 4.78 is 10.4. The number of benzene rings is 2. The standard InChI is InChI=1S/C20H15Cl2NO5S/c1-27-18(24)10-23-19(25)17(29-20(23)26)9-13-8-15(22)5-6-16(13)28-11-12-3-2-4-14(21)7-12/h2-9H,10-11H2,1H3/b17-9+. The lowest BCUT2D eigenvalue weighted by atomic mass is 10.1. The Morgan fingerprint density at radius 2 is 1.90 bits per heavy atom. The molecule has 1 fully saturated rings. The Kier molecular flexibility index (Phi) is 6.84. The van der Waals surface area contributed by atoms with Gasteiger partial charge in [0, 0.05) is 15.6 Å². The monoisotopic (exact) mass is 451 g/mol. The fraction of sp³-hybridized carbons (Fsp3) is 0.150. The largest absolute Gasteiger partial charge is 0.488 e. The molecule has 0 N–H and O–H groups in total. The first-order valence-electron chi connectivity index (χ1n) is 8.36. The number of halogens is 2. The molecule has 0 radical (unpaired) electrons. The van der Waals surface area contributed by atoms with Gasteiger partial charge < -0.3 is 9.47 Å². The van der Waals surface area contributed by atoms with Crippen molar-refractivity contribution in [2.75, 3.05) is 13.7 Å². The average Bonchev–Trinajstić information content (AvgIpc) is 2.94. The van der Waals surface area contributed by atoms with Gasteiger partial charge in [0.25, 0.3) is 11.1 Å². The molecule has 6 nitrogen and oxygen atoms in total. The van der Waals surface area contributed by atoms with Gasteiger partial charge in [-0.25, -0.2) is 0 Å². The van der Waals surface area contributed by atoms with Crippen LogP contribution in [0.4, 0.5) is 4.79 Å². The SMILES string of the molecule is COC(=O)CN1C(=O)S/C(=C/c2cc(Cl)ccc2OCc2cccc(Cl)c2)C1=O. The second-order valence-corrected chi connectivity index (χ2v) is 7.81. The normalized spacial score (nSPS) is 15.1. The van der Waals surface area contributed by atoms with Crippen LogP contribution in [0, 0.1) is 0 Å². The number of imide groups is 1. The number of nitrogens with zero attached hydrogens (tertiary/aromatic N) is 1. The van der Waals surface area contributed by atoms with Crippen molar-refractivity contribution in [3.8, 4) is 5.75 Å². The Bertz CT molecular complexity index is 1010. The molecule has 29 heavy (non-hydrogen) atoms. The number of thioether (sulfide) groups is 1. The maximum absolute atomic E-state index is 12.5. The molecule has 0 atom stereocenters. The Morgan fingerprint density at radius 1 is 1.14 bits per heavy atom. The Hall–Kier alpha value is -2.48. The van der Waals surface area contributed by atoms with Crippen molar-refractivity contribution < 1.29 is 23.9 Å². The van der Waals surface area contributed by atoms with Gasteiger partial charge in [0.1, 0.15) is 18.9 Å². The second kappa shape index (κ2) is 9.35. The number of carbonyl (C=O) groups excluding carboxylic acids is 3. The van der Waals surface area contributed by atoms with Crippen molar-refractivity contribution in [3.63, 3.8) is 0 Å². The average molecular weight is 452 g/mol. The summed E-state index contributed by atoms with van der Waals surface area (Å²) in [5.41, 5.74) is 1.40. The Labute approximate surface area is 181 Å². The van der Waals surface area contributed by atoms with E-state index in [9.17, 15) is 14.4 Å². The zero-order valence-corrected chi connectivity index (χ0v) is 17.5. The van der Waals surface area contributed by atoms with E-state index in [1.807, 2.05) is 12.1 Å². The number of hydrogen-bond acceptors (Lipinski definition) is 6. The summed E-state index contributed by atoms with van der Waals surface area (Å²) >= 11 is 12.8. The van der Waals surface area contributed by atoms with Crippen LogP contribution >= 0.6 is 35.0 Å². The van der Waals surface area contributed by atoms with Crippen molar-refractivity contribution in [1.82, 2.24) is 4.90 Å². The predicted octanol–water partition coefficient (Wildman–Crippen LogP) is 4.78. The zero-order valence-electron chi connectivity index (χ0n) is 15.2. The van der Waals surface area contributed by atoms with Crippen molar-refractivity contribution in [1.29, 1.82) is 0 Å². The van der Waals surface area contributed by atoms with Gasteiger partial charge in [-0.05, 0) is 53.7 Å². The first-order chi connectivity index (χ1) is 13.9. The van der Waals surface area contributed by atoms with E-state index in [2.05, 4.69) is 4.74 Å². The predicted molar refractivity (Wildman–Crippen MR) is 112 cm³/mol. The lowest BCUT2D eigenvalue weighted by molar-refractivity contribution is -0.143. The summed E-state index contributed by atoms with van der Waals surface area (Å²) in [5, 5.41) is 0.497. The van der Waals surface area contributed by atoms with Crippen molar-refractivity contribution in [2.24, 2.45) is 0 Å². The van der Waals surface area contributed by atoms with Crippen molar-refractivity contribution in [3.05, 3.63) is 68.5 Å². The van der Waals surface area contributed by atoms with Crippen LogP contribution in [-0.2, 0) is 20.9 Å². The molecule has 2 aromatic rings. The van der Waals surface area contributed by atoms with Crippen LogP contribution in [-0.4, -0.2) is 35.7 Å². The molecule has 0 aliphatic carbocycles. The fourth-order valence-corrected chi connectivity index (χ4v) is 3.75. The summed E-state index contributed by atoms with van der Waals surface area (Å²) in [7, 11) is 1.19. The summed E-state index contributed by atoms with van der Waals surface area (Å²) in [5.74, 6) is -0.776. The molecule has 2 amide bonds. The van der Waals surface area contributed by atoms with Gasteiger partial charge in [-0.2, -0.15) is 0 Å². The van der Waals surface area contributed by atoms with Crippen LogP contribution in [0.15, 0.2) is 47.4 Å². The molecule has 0 spiro atoms. The van der Waals surface area contributed by atoms with Crippen LogP contribution in [0.5, 0.6) is 5.75 Å². The minimum atomic E-state index is -0.679.